The second kappa shape index (κ2) is 13.7. The molecule has 0 aromatic heterocycles. The summed E-state index contributed by atoms with van der Waals surface area (Å²) in [6.45, 7) is 6.95. The Balaban J connectivity index is 2.06. The maximum absolute atomic E-state index is 14.0. The molecule has 3 aromatic carbocycles. The zero-order valence-corrected chi connectivity index (χ0v) is 25.0. The topological polar surface area (TPSA) is 96.0 Å². The minimum atomic E-state index is -4.14. The highest BCUT2D eigenvalue weighted by Crippen LogP contribution is 2.27. The first-order valence-electron chi connectivity index (χ1n) is 13.0. The van der Waals surface area contributed by atoms with Gasteiger partial charge in [-0.05, 0) is 81.3 Å². The summed E-state index contributed by atoms with van der Waals surface area (Å²) in [5, 5.41) is 3.43. The van der Waals surface area contributed by atoms with Crippen molar-refractivity contribution >= 4 is 39.1 Å². The van der Waals surface area contributed by atoms with Crippen molar-refractivity contribution in [1.29, 1.82) is 0 Å². The smallest absolute Gasteiger partial charge is 0.264 e. The maximum Gasteiger partial charge on any atom is 0.264 e. The second-order valence-electron chi connectivity index (χ2n) is 9.76. The lowest BCUT2D eigenvalue weighted by Gasteiger charge is -2.33. The van der Waals surface area contributed by atoms with Crippen LogP contribution in [0.25, 0.3) is 0 Å². The molecule has 1 unspecified atom stereocenters. The predicted octanol–water partition coefficient (Wildman–Crippen LogP) is 5.18. The van der Waals surface area contributed by atoms with E-state index in [4.69, 9.17) is 16.3 Å². The number of nitrogens with zero attached hydrogens (tertiary/aromatic N) is 2. The molecule has 0 radical (unpaired) electrons. The zero-order chi connectivity index (χ0) is 29.4. The van der Waals surface area contributed by atoms with Gasteiger partial charge in [-0.1, -0.05) is 48.4 Å². The van der Waals surface area contributed by atoms with E-state index in [0.717, 1.165) is 15.4 Å². The van der Waals surface area contributed by atoms with Crippen molar-refractivity contribution in [1.82, 2.24) is 10.2 Å². The van der Waals surface area contributed by atoms with E-state index < -0.39 is 28.5 Å². The van der Waals surface area contributed by atoms with Gasteiger partial charge < -0.3 is 15.0 Å². The number of anilines is 1. The van der Waals surface area contributed by atoms with Gasteiger partial charge >= 0.3 is 0 Å². The molecular formula is C30H36ClN3O5S. The van der Waals surface area contributed by atoms with E-state index in [2.05, 4.69) is 5.32 Å². The average Bonchev–Trinajstić information content (AvgIpc) is 2.92. The molecule has 2 amide bonds. The third-order valence-corrected chi connectivity index (χ3v) is 8.37. The summed E-state index contributed by atoms with van der Waals surface area (Å²) in [6.07, 6.45) is 0.338. The van der Waals surface area contributed by atoms with Crippen LogP contribution in [-0.4, -0.2) is 50.9 Å². The summed E-state index contributed by atoms with van der Waals surface area (Å²) >= 11 is 6.06. The van der Waals surface area contributed by atoms with Gasteiger partial charge in [0, 0.05) is 17.6 Å². The summed E-state index contributed by atoms with van der Waals surface area (Å²) in [7, 11) is -2.63. The number of benzene rings is 3. The summed E-state index contributed by atoms with van der Waals surface area (Å²) in [4.78, 5) is 28.7. The summed E-state index contributed by atoms with van der Waals surface area (Å²) in [5.41, 5.74) is 1.95. The van der Waals surface area contributed by atoms with Gasteiger partial charge in [-0.25, -0.2) is 8.42 Å². The fourth-order valence-corrected chi connectivity index (χ4v) is 5.74. The number of carbonyl (C=O) groups is 2. The number of halogens is 1. The average molecular weight is 586 g/mol. The number of amides is 2. The maximum atomic E-state index is 14.0. The SMILES string of the molecule is CCC(C(=O)NC(C)C)N(Cc1ccc(Cl)cc1)C(=O)CN(c1ccc(OC)cc1)S(=O)(=O)c1ccc(C)cc1. The normalized spacial score (nSPS) is 12.1. The molecule has 0 heterocycles. The Morgan fingerprint density at radius 1 is 0.950 bits per heavy atom. The molecule has 0 aliphatic carbocycles. The Hall–Kier alpha value is -3.56. The molecule has 0 saturated carbocycles. The van der Waals surface area contributed by atoms with Crippen LogP contribution in [0.3, 0.4) is 0 Å². The third kappa shape index (κ3) is 7.76. The van der Waals surface area contributed by atoms with Crippen LogP contribution in [0, 0.1) is 6.92 Å². The van der Waals surface area contributed by atoms with Crippen molar-refractivity contribution in [2.24, 2.45) is 0 Å². The highest BCUT2D eigenvalue weighted by atomic mass is 35.5. The molecule has 1 atom stereocenters. The molecule has 0 bridgehead atoms. The molecule has 10 heteroatoms. The van der Waals surface area contributed by atoms with Crippen LogP contribution in [0.1, 0.15) is 38.3 Å². The number of sulfonamides is 1. The van der Waals surface area contributed by atoms with Crippen LogP contribution in [0.5, 0.6) is 5.75 Å². The number of carbonyl (C=O) groups excluding carboxylic acids is 2. The van der Waals surface area contributed by atoms with E-state index in [1.807, 2.05) is 27.7 Å². The summed E-state index contributed by atoms with van der Waals surface area (Å²) in [6, 6.07) is 18.9. The lowest BCUT2D eigenvalue weighted by atomic mass is 10.1. The van der Waals surface area contributed by atoms with E-state index in [0.29, 0.717) is 22.9 Å². The van der Waals surface area contributed by atoms with Gasteiger partial charge in [0.25, 0.3) is 10.0 Å². The molecule has 214 valence electrons. The lowest BCUT2D eigenvalue weighted by Crippen LogP contribution is -2.53. The van der Waals surface area contributed by atoms with Crippen molar-refractivity contribution in [2.45, 2.75) is 57.6 Å². The van der Waals surface area contributed by atoms with E-state index in [9.17, 15) is 18.0 Å². The van der Waals surface area contributed by atoms with E-state index >= 15 is 0 Å². The molecule has 3 rings (SSSR count). The molecule has 0 aliphatic rings. The molecule has 0 saturated heterocycles. The molecule has 40 heavy (non-hydrogen) atoms. The fourth-order valence-electron chi connectivity index (χ4n) is 4.20. The molecule has 0 spiro atoms. The van der Waals surface area contributed by atoms with Gasteiger partial charge in [0.15, 0.2) is 0 Å². The predicted molar refractivity (Wildman–Crippen MR) is 158 cm³/mol. The summed E-state index contributed by atoms with van der Waals surface area (Å²) < 4.78 is 34.1. The van der Waals surface area contributed by atoms with Gasteiger partial charge in [-0.15, -0.1) is 0 Å². The van der Waals surface area contributed by atoms with Crippen molar-refractivity contribution in [3.05, 3.63) is 88.9 Å². The van der Waals surface area contributed by atoms with Crippen LogP contribution in [0.4, 0.5) is 5.69 Å². The van der Waals surface area contributed by atoms with Crippen molar-refractivity contribution < 1.29 is 22.7 Å². The monoisotopic (exact) mass is 585 g/mol. The number of hydrogen-bond acceptors (Lipinski definition) is 5. The Morgan fingerprint density at radius 2 is 1.55 bits per heavy atom. The number of rotatable bonds is 12. The van der Waals surface area contributed by atoms with Crippen molar-refractivity contribution in [2.75, 3.05) is 18.0 Å². The standard InChI is InChI=1S/C30H36ClN3O5S/c1-6-28(30(36)32-21(2)3)33(19-23-9-11-24(31)12-10-23)29(35)20-34(25-13-15-26(39-5)16-14-25)40(37,38)27-17-7-22(4)8-18-27/h7-18,21,28H,6,19-20H2,1-5H3,(H,32,36). The largest absolute Gasteiger partial charge is 0.497 e. The highest BCUT2D eigenvalue weighted by molar-refractivity contribution is 7.92. The Kier molecular flexibility index (Phi) is 10.6. The van der Waals surface area contributed by atoms with Crippen LogP contribution in [-0.2, 0) is 26.2 Å². The molecule has 0 fully saturated rings. The first-order chi connectivity index (χ1) is 19.0. The number of methoxy groups -OCH3 is 1. The number of aryl methyl sites for hydroxylation is 1. The first kappa shape index (κ1) is 31.0. The third-order valence-electron chi connectivity index (χ3n) is 6.33. The van der Waals surface area contributed by atoms with E-state index in [1.54, 1.807) is 60.7 Å². The summed E-state index contributed by atoms with van der Waals surface area (Å²) in [5.74, 6) is -0.284. The van der Waals surface area contributed by atoms with Gasteiger partial charge in [0.2, 0.25) is 11.8 Å². The van der Waals surface area contributed by atoms with Crippen LogP contribution < -0.4 is 14.4 Å². The molecule has 0 aliphatic heterocycles. The van der Waals surface area contributed by atoms with E-state index in [-0.39, 0.29) is 23.4 Å². The van der Waals surface area contributed by atoms with Crippen molar-refractivity contribution in [3.8, 4) is 5.75 Å². The molecule has 3 aromatic rings. The Labute approximate surface area is 241 Å². The second-order valence-corrected chi connectivity index (χ2v) is 12.1. The minimum absolute atomic E-state index is 0.0514. The zero-order valence-electron chi connectivity index (χ0n) is 23.4. The number of ether oxygens (including phenoxy) is 1. The Morgan fingerprint density at radius 3 is 2.08 bits per heavy atom. The fraction of sp³-hybridized carbons (Fsp3) is 0.333. The van der Waals surface area contributed by atoms with Crippen molar-refractivity contribution in [3.63, 3.8) is 0 Å². The van der Waals surface area contributed by atoms with Gasteiger partial charge in [0.1, 0.15) is 18.3 Å². The molecule has 8 nitrogen and oxygen atoms in total. The quantitative estimate of drug-likeness (QED) is 0.316. The van der Waals surface area contributed by atoms with Gasteiger partial charge in [-0.2, -0.15) is 0 Å². The highest BCUT2D eigenvalue weighted by Gasteiger charge is 2.33. The molecular weight excluding hydrogens is 550 g/mol. The van der Waals surface area contributed by atoms with Crippen LogP contribution >= 0.6 is 11.6 Å². The minimum Gasteiger partial charge on any atom is -0.497 e. The molecule has 1 N–H and O–H groups in total. The first-order valence-corrected chi connectivity index (χ1v) is 14.9. The van der Waals surface area contributed by atoms with E-state index in [1.165, 1.54) is 24.1 Å². The van der Waals surface area contributed by atoms with Gasteiger partial charge in [-0.3, -0.25) is 13.9 Å². The number of nitrogens with one attached hydrogen (secondary N) is 1. The van der Waals surface area contributed by atoms with Crippen LogP contribution in [0.15, 0.2) is 77.7 Å². The van der Waals surface area contributed by atoms with Crippen LogP contribution in [0.2, 0.25) is 5.02 Å². The number of hydrogen-bond donors (Lipinski definition) is 1. The van der Waals surface area contributed by atoms with Gasteiger partial charge in [0.05, 0.1) is 17.7 Å². The lowest BCUT2D eigenvalue weighted by molar-refractivity contribution is -0.140. The Bertz CT molecular complexity index is 1390.